The first-order valence-corrected chi connectivity index (χ1v) is 12.5. The van der Waals surface area contributed by atoms with Crippen LogP contribution < -0.4 is 15.6 Å². The quantitative estimate of drug-likeness (QED) is 0.342. The molecule has 10 nitrogen and oxygen atoms in total. The van der Waals surface area contributed by atoms with Crippen molar-refractivity contribution < 1.29 is 9.13 Å². The molecule has 1 atom stereocenters. The molecule has 4 heterocycles. The average molecular weight is 536 g/mol. The lowest BCUT2D eigenvalue weighted by atomic mass is 10.1. The van der Waals surface area contributed by atoms with Crippen LogP contribution in [0.2, 0.25) is 5.02 Å². The van der Waals surface area contributed by atoms with Gasteiger partial charge in [0.1, 0.15) is 6.33 Å². The van der Waals surface area contributed by atoms with Crippen LogP contribution in [0, 0.1) is 12.7 Å². The molecule has 1 saturated heterocycles. The summed E-state index contributed by atoms with van der Waals surface area (Å²) in [6.07, 6.45) is 12.0. The molecular formula is C26H27ClFN9O. The number of benzene rings is 1. The first kappa shape index (κ1) is 25.6. The average Bonchev–Trinajstić information content (AvgIpc) is 2.93. The molecule has 0 bridgehead atoms. The first-order valence-electron chi connectivity index (χ1n) is 12.1. The predicted molar refractivity (Wildman–Crippen MR) is 147 cm³/mol. The third-order valence-corrected chi connectivity index (χ3v) is 6.45. The molecule has 0 radical (unpaired) electrons. The Labute approximate surface area is 224 Å². The van der Waals surface area contributed by atoms with Gasteiger partial charge in [-0.3, -0.25) is 0 Å². The van der Waals surface area contributed by atoms with Crippen molar-refractivity contribution in [2.75, 3.05) is 49.0 Å². The van der Waals surface area contributed by atoms with Crippen molar-refractivity contribution in [2.45, 2.75) is 13.0 Å². The summed E-state index contributed by atoms with van der Waals surface area (Å²) in [4.78, 5) is 20.4. The van der Waals surface area contributed by atoms with Gasteiger partial charge >= 0.3 is 0 Å². The Morgan fingerprint density at radius 3 is 2.82 bits per heavy atom. The second-order valence-corrected chi connectivity index (χ2v) is 9.23. The molecule has 38 heavy (non-hydrogen) atoms. The smallest absolute Gasteiger partial charge is 0.245 e. The molecule has 2 aliphatic rings. The van der Waals surface area contributed by atoms with Gasteiger partial charge in [0, 0.05) is 38.1 Å². The lowest BCUT2D eigenvalue weighted by Gasteiger charge is -2.28. The molecule has 2 N–H and O–H groups in total. The highest BCUT2D eigenvalue weighted by atomic mass is 35.5. The summed E-state index contributed by atoms with van der Waals surface area (Å²) in [7, 11) is 1.94. The van der Waals surface area contributed by atoms with Crippen LogP contribution in [0.3, 0.4) is 0 Å². The molecule has 2 aliphatic heterocycles. The molecule has 1 unspecified atom stereocenters. The van der Waals surface area contributed by atoms with Crippen LogP contribution in [0.1, 0.15) is 5.56 Å². The van der Waals surface area contributed by atoms with Gasteiger partial charge < -0.3 is 19.9 Å². The third kappa shape index (κ3) is 5.90. The Balaban J connectivity index is 1.21. The Bertz CT molecular complexity index is 1350. The van der Waals surface area contributed by atoms with E-state index in [0.29, 0.717) is 31.3 Å². The number of rotatable bonds is 7. The topological polar surface area (TPSA) is 104 Å². The van der Waals surface area contributed by atoms with E-state index in [4.69, 9.17) is 16.3 Å². The summed E-state index contributed by atoms with van der Waals surface area (Å²) >= 11 is 6.62. The van der Waals surface area contributed by atoms with Gasteiger partial charge in [0.2, 0.25) is 5.95 Å². The van der Waals surface area contributed by atoms with Crippen LogP contribution in [0.5, 0.6) is 0 Å². The normalized spacial score (nSPS) is 17.6. The number of nitrogens with one attached hydrogen (secondary N) is 2. The molecule has 1 fully saturated rings. The molecule has 0 amide bonds. The fraction of sp³-hybridized carbons (Fsp3) is 0.269. The number of aryl methyl sites for hydroxylation is 1. The first-order chi connectivity index (χ1) is 18.5. The number of anilines is 3. The van der Waals surface area contributed by atoms with E-state index in [0.717, 1.165) is 34.4 Å². The number of allylic oxidation sites excluding steroid dienone is 1. The van der Waals surface area contributed by atoms with E-state index in [2.05, 4.69) is 35.8 Å². The van der Waals surface area contributed by atoms with Crippen LogP contribution in [0.4, 0.5) is 21.8 Å². The molecule has 0 spiro atoms. The largest absolute Gasteiger partial charge is 0.378 e. The van der Waals surface area contributed by atoms with Gasteiger partial charge in [0.25, 0.3) is 0 Å². The van der Waals surface area contributed by atoms with E-state index in [1.54, 1.807) is 12.4 Å². The molecule has 3 aromatic rings. The van der Waals surface area contributed by atoms with Crippen molar-refractivity contribution in [1.29, 1.82) is 0 Å². The van der Waals surface area contributed by atoms with E-state index < -0.39 is 5.82 Å². The van der Waals surface area contributed by atoms with Crippen molar-refractivity contribution >= 4 is 35.3 Å². The summed E-state index contributed by atoms with van der Waals surface area (Å²) in [6, 6.07) is 5.67. The van der Waals surface area contributed by atoms with Crippen LogP contribution in [-0.2, 0) is 4.74 Å². The lowest BCUT2D eigenvalue weighted by molar-refractivity contribution is 0.122. The van der Waals surface area contributed by atoms with Crippen LogP contribution in [-0.4, -0.2) is 70.4 Å². The van der Waals surface area contributed by atoms with Crippen molar-refractivity contribution in [3.8, 4) is 11.3 Å². The van der Waals surface area contributed by atoms with Crippen molar-refractivity contribution in [1.82, 2.24) is 24.8 Å². The summed E-state index contributed by atoms with van der Waals surface area (Å²) in [6.45, 7) is 4.23. The fourth-order valence-corrected chi connectivity index (χ4v) is 4.47. The molecule has 5 rings (SSSR count). The van der Waals surface area contributed by atoms with Crippen LogP contribution in [0.25, 0.3) is 11.3 Å². The number of hydrazone groups is 1. The molecule has 196 valence electrons. The van der Waals surface area contributed by atoms with Crippen LogP contribution >= 0.6 is 11.6 Å². The van der Waals surface area contributed by atoms with E-state index in [9.17, 15) is 4.39 Å². The van der Waals surface area contributed by atoms with E-state index in [1.165, 1.54) is 6.33 Å². The van der Waals surface area contributed by atoms with Crippen LogP contribution in [0.15, 0.2) is 66.1 Å². The lowest BCUT2D eigenvalue weighted by Crippen LogP contribution is -2.37. The summed E-state index contributed by atoms with van der Waals surface area (Å²) in [5.74, 6) is -0.00563. The summed E-state index contributed by atoms with van der Waals surface area (Å²) < 4.78 is 19.6. The van der Waals surface area contributed by atoms with Gasteiger partial charge in [-0.25, -0.2) is 24.8 Å². The number of ether oxygens (including phenoxy) is 1. The zero-order valence-electron chi connectivity index (χ0n) is 21.0. The number of aromatic nitrogens is 4. The number of nitrogens with zero attached hydrogens (tertiary/aromatic N) is 7. The Morgan fingerprint density at radius 1 is 1.24 bits per heavy atom. The molecule has 0 aliphatic carbocycles. The van der Waals surface area contributed by atoms with Gasteiger partial charge in [-0.2, -0.15) is 10.1 Å². The number of hydrogen-bond acceptors (Lipinski definition) is 10. The molecule has 12 heteroatoms. The highest BCUT2D eigenvalue weighted by molar-refractivity contribution is 6.33. The summed E-state index contributed by atoms with van der Waals surface area (Å²) in [5, 5.41) is 8.27. The second kappa shape index (κ2) is 11.5. The zero-order chi connectivity index (χ0) is 26.5. The number of likely N-dealkylation sites (N-methyl/N-ethyl adjacent to an activating group) is 1. The van der Waals surface area contributed by atoms with E-state index in [-0.39, 0.29) is 17.8 Å². The highest BCUT2D eigenvalue weighted by Crippen LogP contribution is 2.33. The molecule has 2 aromatic heterocycles. The minimum atomic E-state index is -0.472. The van der Waals surface area contributed by atoms with Gasteiger partial charge in [0.15, 0.2) is 11.6 Å². The Morgan fingerprint density at radius 2 is 2.08 bits per heavy atom. The van der Waals surface area contributed by atoms with E-state index in [1.807, 2.05) is 60.3 Å². The predicted octanol–water partition coefficient (Wildman–Crippen LogP) is 4.09. The minimum Gasteiger partial charge on any atom is -0.378 e. The maximum atomic E-state index is 14.2. The SMILES string of the molecule is Cc1cc(-c2ccncn2)cc(Cl)c1NC1=CN(C)C(/C=N/Nc2ncc(F)c(N3CCOCC3)n2)C=C1. The number of morpholine rings is 1. The Kier molecular flexibility index (Phi) is 7.75. The second-order valence-electron chi connectivity index (χ2n) is 8.82. The maximum absolute atomic E-state index is 14.2. The summed E-state index contributed by atoms with van der Waals surface area (Å²) in [5.41, 5.74) is 7.24. The number of hydrogen-bond donors (Lipinski definition) is 2. The van der Waals surface area contributed by atoms with Crippen molar-refractivity contribution in [3.05, 3.63) is 77.4 Å². The van der Waals surface area contributed by atoms with Gasteiger partial charge in [0.05, 0.1) is 53.8 Å². The molecular weight excluding hydrogens is 509 g/mol. The fourth-order valence-electron chi connectivity index (χ4n) is 4.15. The van der Waals surface area contributed by atoms with E-state index >= 15 is 0 Å². The third-order valence-electron chi connectivity index (χ3n) is 6.15. The zero-order valence-corrected chi connectivity index (χ0v) is 21.7. The highest BCUT2D eigenvalue weighted by Gasteiger charge is 2.18. The van der Waals surface area contributed by atoms with Crippen molar-refractivity contribution in [3.63, 3.8) is 0 Å². The molecule has 0 saturated carbocycles. The van der Waals surface area contributed by atoms with Gasteiger partial charge in [-0.05, 0) is 36.8 Å². The standard InChI is InChI=1S/C26H27ClFN9O/c1-17-11-18(23-5-6-29-16-31-23)12-21(27)24(17)33-19-3-4-20(36(2)15-19)13-32-35-26-30-14-22(28)25(34-26)37-7-9-38-10-8-37/h3-6,11-16,20,33H,7-10H2,1-2H3,(H,30,34,35)/b32-13+. The number of halogens is 2. The minimum absolute atomic E-state index is 0.107. The maximum Gasteiger partial charge on any atom is 0.245 e. The Hall–Kier alpha value is -4.09. The molecule has 1 aromatic carbocycles. The van der Waals surface area contributed by atoms with Gasteiger partial charge in [-0.15, -0.1) is 0 Å². The monoisotopic (exact) mass is 535 g/mol. The van der Waals surface area contributed by atoms with Gasteiger partial charge in [-0.1, -0.05) is 17.7 Å². The van der Waals surface area contributed by atoms with Crippen molar-refractivity contribution in [2.24, 2.45) is 5.10 Å².